The van der Waals surface area contributed by atoms with E-state index in [4.69, 9.17) is 0 Å². The number of carboxylic acid groups (broad SMARTS) is 1. The zero-order valence-corrected chi connectivity index (χ0v) is 12.2. The lowest BCUT2D eigenvalue weighted by molar-refractivity contribution is -0.140. The number of aliphatic carboxylic acids is 1. The van der Waals surface area contributed by atoms with Crippen molar-refractivity contribution in [2.45, 2.75) is 57.5 Å². The van der Waals surface area contributed by atoms with Gasteiger partial charge in [0.2, 0.25) is 0 Å². The number of carboxylic acids is 1. The molecule has 0 aliphatic heterocycles. The molecular weight excluding hydrogens is 250 g/mol. The van der Waals surface area contributed by atoms with E-state index in [0.29, 0.717) is 6.04 Å². The largest absolute Gasteiger partial charge is 0.480 e. The number of carbonyl (C=O) groups is 1. The molecule has 1 aliphatic rings. The minimum Gasteiger partial charge on any atom is -0.480 e. The van der Waals surface area contributed by atoms with Crippen LogP contribution in [0.25, 0.3) is 0 Å². The van der Waals surface area contributed by atoms with Gasteiger partial charge in [0.05, 0.1) is 0 Å². The molecule has 1 saturated carbocycles. The molecule has 3 unspecified atom stereocenters. The van der Waals surface area contributed by atoms with Gasteiger partial charge in [-0.15, -0.1) is 0 Å². The third kappa shape index (κ3) is 4.07. The summed E-state index contributed by atoms with van der Waals surface area (Å²) in [6.45, 7) is 2.25. The number of rotatable bonds is 5. The van der Waals surface area contributed by atoms with Crippen molar-refractivity contribution < 1.29 is 9.90 Å². The molecule has 0 amide bonds. The average Bonchev–Trinajstić information content (AvgIpc) is 2.70. The van der Waals surface area contributed by atoms with Crippen LogP contribution in [0.3, 0.4) is 0 Å². The summed E-state index contributed by atoms with van der Waals surface area (Å²) in [7, 11) is 0. The molecule has 0 saturated heterocycles. The molecule has 1 fully saturated rings. The van der Waals surface area contributed by atoms with Crippen LogP contribution in [0.15, 0.2) is 30.3 Å². The van der Waals surface area contributed by atoms with Crippen LogP contribution in [0.5, 0.6) is 0 Å². The van der Waals surface area contributed by atoms with E-state index in [9.17, 15) is 9.90 Å². The second-order valence-electron chi connectivity index (χ2n) is 5.83. The molecule has 2 N–H and O–H groups in total. The Morgan fingerprint density at radius 3 is 2.65 bits per heavy atom. The van der Waals surface area contributed by atoms with E-state index in [1.54, 1.807) is 0 Å². The molecule has 0 heterocycles. The predicted octanol–water partition coefficient (Wildman–Crippen LogP) is 3.76. The highest BCUT2D eigenvalue weighted by Crippen LogP contribution is 2.27. The summed E-state index contributed by atoms with van der Waals surface area (Å²) >= 11 is 0. The first-order valence-corrected chi connectivity index (χ1v) is 7.74. The van der Waals surface area contributed by atoms with Crippen LogP contribution in [-0.4, -0.2) is 17.1 Å². The molecule has 1 aromatic carbocycles. The molecule has 3 heteroatoms. The molecule has 20 heavy (non-hydrogen) atoms. The Morgan fingerprint density at radius 2 is 2.00 bits per heavy atom. The summed E-state index contributed by atoms with van der Waals surface area (Å²) in [4.78, 5) is 11.5. The van der Waals surface area contributed by atoms with Crippen molar-refractivity contribution in [1.29, 1.82) is 0 Å². The van der Waals surface area contributed by atoms with E-state index in [1.807, 2.05) is 30.3 Å². The molecule has 3 nitrogen and oxygen atoms in total. The lowest BCUT2D eigenvalue weighted by atomic mass is 9.97. The quantitative estimate of drug-likeness (QED) is 0.804. The molecule has 1 aromatic rings. The van der Waals surface area contributed by atoms with Crippen molar-refractivity contribution in [2.75, 3.05) is 0 Å². The van der Waals surface area contributed by atoms with Gasteiger partial charge in [0, 0.05) is 6.04 Å². The first-order chi connectivity index (χ1) is 9.70. The molecule has 1 aliphatic carbocycles. The van der Waals surface area contributed by atoms with E-state index in [2.05, 4.69) is 12.2 Å². The smallest absolute Gasteiger partial charge is 0.325 e. The van der Waals surface area contributed by atoms with Crippen molar-refractivity contribution in [3.05, 3.63) is 35.9 Å². The molecule has 0 radical (unpaired) electrons. The lowest BCUT2D eigenvalue weighted by Crippen LogP contribution is -2.36. The molecule has 0 bridgehead atoms. The second kappa shape index (κ2) is 7.44. The van der Waals surface area contributed by atoms with Crippen LogP contribution in [0.4, 0.5) is 0 Å². The molecule has 110 valence electrons. The SMILES string of the molecule is CCC1CCCC(NC(C(=O)O)c2ccccc2)CC1. The first-order valence-electron chi connectivity index (χ1n) is 7.74. The van der Waals surface area contributed by atoms with Gasteiger partial charge in [0.15, 0.2) is 0 Å². The van der Waals surface area contributed by atoms with Crippen LogP contribution < -0.4 is 5.32 Å². The van der Waals surface area contributed by atoms with Gasteiger partial charge in [-0.2, -0.15) is 0 Å². The highest BCUT2D eigenvalue weighted by molar-refractivity contribution is 5.75. The highest BCUT2D eigenvalue weighted by Gasteiger charge is 2.25. The summed E-state index contributed by atoms with van der Waals surface area (Å²) < 4.78 is 0. The van der Waals surface area contributed by atoms with Gasteiger partial charge in [-0.1, -0.05) is 56.5 Å². The molecule has 0 spiro atoms. The zero-order valence-electron chi connectivity index (χ0n) is 12.2. The van der Waals surface area contributed by atoms with E-state index >= 15 is 0 Å². The van der Waals surface area contributed by atoms with Crippen LogP contribution >= 0.6 is 0 Å². The second-order valence-corrected chi connectivity index (χ2v) is 5.83. The number of hydrogen-bond donors (Lipinski definition) is 2. The van der Waals surface area contributed by atoms with E-state index in [-0.39, 0.29) is 0 Å². The predicted molar refractivity (Wildman–Crippen MR) is 80.6 cm³/mol. The van der Waals surface area contributed by atoms with Gasteiger partial charge in [-0.25, -0.2) is 0 Å². The van der Waals surface area contributed by atoms with Gasteiger partial charge in [0.25, 0.3) is 0 Å². The van der Waals surface area contributed by atoms with Crippen molar-refractivity contribution in [3.63, 3.8) is 0 Å². The minimum absolute atomic E-state index is 0.327. The topological polar surface area (TPSA) is 49.3 Å². The third-order valence-corrected chi connectivity index (χ3v) is 4.45. The molecule has 0 aromatic heterocycles. The number of benzene rings is 1. The number of hydrogen-bond acceptors (Lipinski definition) is 2. The Hall–Kier alpha value is -1.35. The van der Waals surface area contributed by atoms with Crippen LogP contribution in [0, 0.1) is 5.92 Å². The van der Waals surface area contributed by atoms with E-state index in [0.717, 1.165) is 24.3 Å². The van der Waals surface area contributed by atoms with Gasteiger partial charge in [-0.05, 0) is 30.7 Å². The van der Waals surface area contributed by atoms with Gasteiger partial charge < -0.3 is 5.11 Å². The third-order valence-electron chi connectivity index (χ3n) is 4.45. The van der Waals surface area contributed by atoms with Crippen LogP contribution in [0.2, 0.25) is 0 Å². The number of nitrogens with one attached hydrogen (secondary N) is 1. The van der Waals surface area contributed by atoms with E-state index < -0.39 is 12.0 Å². The van der Waals surface area contributed by atoms with Crippen molar-refractivity contribution >= 4 is 5.97 Å². The summed E-state index contributed by atoms with van der Waals surface area (Å²) in [6.07, 6.45) is 7.14. The fourth-order valence-corrected chi connectivity index (χ4v) is 3.14. The summed E-state index contributed by atoms with van der Waals surface area (Å²) in [6, 6.07) is 9.22. The highest BCUT2D eigenvalue weighted by atomic mass is 16.4. The van der Waals surface area contributed by atoms with Crippen molar-refractivity contribution in [3.8, 4) is 0 Å². The lowest BCUT2D eigenvalue weighted by Gasteiger charge is -2.22. The van der Waals surface area contributed by atoms with Crippen molar-refractivity contribution in [1.82, 2.24) is 5.32 Å². The summed E-state index contributed by atoms with van der Waals surface area (Å²) in [5, 5.41) is 12.8. The van der Waals surface area contributed by atoms with Crippen LogP contribution in [0.1, 0.15) is 57.1 Å². The average molecular weight is 275 g/mol. The fourth-order valence-electron chi connectivity index (χ4n) is 3.14. The van der Waals surface area contributed by atoms with Crippen molar-refractivity contribution in [2.24, 2.45) is 5.92 Å². The minimum atomic E-state index is -0.785. The maximum absolute atomic E-state index is 11.5. The Labute approximate surface area is 121 Å². The Balaban J connectivity index is 2.00. The molecular formula is C17H25NO2. The van der Waals surface area contributed by atoms with E-state index in [1.165, 1.54) is 25.7 Å². The van der Waals surface area contributed by atoms with Gasteiger partial charge >= 0.3 is 5.97 Å². The Bertz CT molecular complexity index is 418. The maximum atomic E-state index is 11.5. The summed E-state index contributed by atoms with van der Waals surface area (Å²) in [5.74, 6) is 0.0364. The Kier molecular flexibility index (Phi) is 5.60. The normalized spacial score (nSPS) is 24.9. The molecule has 2 rings (SSSR count). The molecule has 3 atom stereocenters. The zero-order chi connectivity index (χ0) is 14.4. The monoisotopic (exact) mass is 275 g/mol. The van der Waals surface area contributed by atoms with Gasteiger partial charge in [0.1, 0.15) is 6.04 Å². The standard InChI is InChI=1S/C17H25NO2/c1-2-13-7-6-10-15(12-11-13)18-16(17(19)20)14-8-4-3-5-9-14/h3-5,8-9,13,15-16,18H,2,6-7,10-12H2,1H3,(H,19,20). The van der Waals surface area contributed by atoms with Crippen LogP contribution in [-0.2, 0) is 4.79 Å². The summed E-state index contributed by atoms with van der Waals surface area (Å²) in [5.41, 5.74) is 0.844. The maximum Gasteiger partial charge on any atom is 0.325 e. The fraction of sp³-hybridized carbons (Fsp3) is 0.588. The van der Waals surface area contributed by atoms with Gasteiger partial charge in [-0.3, -0.25) is 10.1 Å². The Morgan fingerprint density at radius 1 is 1.25 bits per heavy atom. The first kappa shape index (κ1) is 15.0.